The Kier molecular flexibility index (Phi) is 8.25. The first-order valence-corrected chi connectivity index (χ1v) is 16.3. The van der Waals surface area contributed by atoms with E-state index in [-0.39, 0.29) is 29.3 Å². The first-order valence-electron chi connectivity index (χ1n) is 14.5. The standard InChI is InChI=1S/C30H43N5O4S/c1-20-18-34(25-12-14-35(15-13-25)40(3,38)39)19-30(20,2)23-6-4-21(5-7-23)22-16-27(28(31)32-17-22)29(37)33-24-8-10-26(36)11-9-24/h4-7,16-17,20,24-26,36H,8-15,18-19H2,1-3H3,(H2,31,32)(H,33,37)/t20-,24-,26-,30-/m1/s1. The SMILES string of the molecule is C[C@@H]1CN(C2CCN(S(C)(=O)=O)CC2)C[C@@]1(C)c1ccc(-c2cnc(N)c(C(=O)N[C@H]3CC[C@H](O)CC3)c2)cc1. The van der Waals surface area contributed by atoms with Gasteiger partial charge < -0.3 is 16.2 Å². The molecule has 4 N–H and O–H groups in total. The molecule has 1 amide bonds. The summed E-state index contributed by atoms with van der Waals surface area (Å²) in [6.45, 7) is 7.78. The summed E-state index contributed by atoms with van der Waals surface area (Å²) in [5.41, 5.74) is 9.55. The van der Waals surface area contributed by atoms with Gasteiger partial charge in [-0.25, -0.2) is 17.7 Å². The number of amides is 1. The van der Waals surface area contributed by atoms with Gasteiger partial charge in [0, 0.05) is 55.4 Å². The number of piperidine rings is 1. The molecule has 5 rings (SSSR count). The lowest BCUT2D eigenvalue weighted by molar-refractivity contribution is 0.0868. The third-order valence-electron chi connectivity index (χ3n) is 9.61. The highest BCUT2D eigenvalue weighted by molar-refractivity contribution is 7.88. The number of hydrogen-bond acceptors (Lipinski definition) is 7. The molecule has 1 saturated carbocycles. The summed E-state index contributed by atoms with van der Waals surface area (Å²) >= 11 is 0. The molecule has 2 saturated heterocycles. The smallest absolute Gasteiger partial charge is 0.255 e. The van der Waals surface area contributed by atoms with E-state index < -0.39 is 10.0 Å². The molecule has 40 heavy (non-hydrogen) atoms. The molecule has 0 spiro atoms. The molecule has 3 fully saturated rings. The van der Waals surface area contributed by atoms with Crippen molar-refractivity contribution in [3.8, 4) is 11.1 Å². The Balaban J connectivity index is 1.26. The number of nitrogens with zero attached hydrogens (tertiary/aromatic N) is 3. The topological polar surface area (TPSA) is 129 Å². The maximum Gasteiger partial charge on any atom is 0.255 e. The van der Waals surface area contributed by atoms with Crippen LogP contribution in [0.25, 0.3) is 11.1 Å². The largest absolute Gasteiger partial charge is 0.393 e. The van der Waals surface area contributed by atoms with Crippen LogP contribution in [-0.4, -0.2) is 84.2 Å². The van der Waals surface area contributed by atoms with Gasteiger partial charge >= 0.3 is 0 Å². The number of aliphatic hydroxyl groups excluding tert-OH is 1. The van der Waals surface area contributed by atoms with Crippen LogP contribution in [0.15, 0.2) is 36.5 Å². The second kappa shape index (κ2) is 11.4. The van der Waals surface area contributed by atoms with Crippen LogP contribution in [0, 0.1) is 5.92 Å². The van der Waals surface area contributed by atoms with E-state index in [1.54, 1.807) is 10.5 Å². The normalized spacial score (nSPS) is 28.9. The molecule has 2 atom stereocenters. The Morgan fingerprint density at radius 3 is 2.35 bits per heavy atom. The summed E-state index contributed by atoms with van der Waals surface area (Å²) in [5, 5.41) is 12.8. The van der Waals surface area contributed by atoms with Gasteiger partial charge in [0.2, 0.25) is 10.0 Å². The Morgan fingerprint density at radius 1 is 1.07 bits per heavy atom. The zero-order valence-corrected chi connectivity index (χ0v) is 24.7. The van der Waals surface area contributed by atoms with Gasteiger partial charge in [0.1, 0.15) is 5.82 Å². The number of pyridine rings is 1. The molecule has 1 aliphatic carbocycles. The van der Waals surface area contributed by atoms with Crippen molar-refractivity contribution in [1.82, 2.24) is 19.5 Å². The van der Waals surface area contributed by atoms with Crippen molar-refractivity contribution >= 4 is 21.7 Å². The molecule has 3 aliphatic rings. The first-order chi connectivity index (χ1) is 18.9. The molecule has 2 aliphatic heterocycles. The molecule has 0 bridgehead atoms. The maximum absolute atomic E-state index is 13.0. The van der Waals surface area contributed by atoms with Gasteiger partial charge in [-0.15, -0.1) is 0 Å². The van der Waals surface area contributed by atoms with Crippen LogP contribution >= 0.6 is 0 Å². The number of nitrogen functional groups attached to an aromatic ring is 1. The van der Waals surface area contributed by atoms with Crippen LogP contribution in [0.2, 0.25) is 0 Å². The molecule has 218 valence electrons. The highest BCUT2D eigenvalue weighted by Gasteiger charge is 2.44. The Bertz CT molecular complexity index is 1320. The van der Waals surface area contributed by atoms with Crippen molar-refractivity contribution in [3.05, 3.63) is 47.7 Å². The maximum atomic E-state index is 13.0. The summed E-state index contributed by atoms with van der Waals surface area (Å²) in [4.78, 5) is 19.9. The summed E-state index contributed by atoms with van der Waals surface area (Å²) in [6, 6.07) is 10.8. The van der Waals surface area contributed by atoms with E-state index in [0.717, 1.165) is 49.9 Å². The fourth-order valence-corrected chi connectivity index (χ4v) is 7.60. The fourth-order valence-electron chi connectivity index (χ4n) is 6.73. The fraction of sp³-hybridized carbons (Fsp3) is 0.600. The lowest BCUT2D eigenvalue weighted by atomic mass is 9.75. The molecule has 2 aromatic rings. The Morgan fingerprint density at radius 2 is 1.73 bits per heavy atom. The van der Waals surface area contributed by atoms with Crippen LogP contribution in [0.1, 0.15) is 68.3 Å². The van der Waals surface area contributed by atoms with E-state index in [4.69, 9.17) is 5.73 Å². The van der Waals surface area contributed by atoms with Gasteiger partial charge in [-0.1, -0.05) is 38.1 Å². The number of nitrogens with two attached hydrogens (primary N) is 1. The van der Waals surface area contributed by atoms with E-state index >= 15 is 0 Å². The number of hydrogen-bond donors (Lipinski definition) is 3. The first kappa shape index (κ1) is 29.0. The number of aromatic nitrogens is 1. The summed E-state index contributed by atoms with van der Waals surface area (Å²) in [5.74, 6) is 0.448. The van der Waals surface area contributed by atoms with Crippen molar-refractivity contribution < 1.29 is 18.3 Å². The molecule has 1 aromatic heterocycles. The van der Waals surface area contributed by atoms with Crippen molar-refractivity contribution in [1.29, 1.82) is 0 Å². The number of carbonyl (C=O) groups is 1. The van der Waals surface area contributed by atoms with Crippen LogP contribution in [-0.2, 0) is 15.4 Å². The number of aliphatic hydroxyl groups is 1. The predicted molar refractivity (Wildman–Crippen MR) is 157 cm³/mol. The average Bonchev–Trinajstić information content (AvgIpc) is 3.25. The zero-order chi connectivity index (χ0) is 28.7. The predicted octanol–water partition coefficient (Wildman–Crippen LogP) is 3.00. The van der Waals surface area contributed by atoms with Crippen LogP contribution in [0.4, 0.5) is 5.82 Å². The minimum Gasteiger partial charge on any atom is -0.393 e. The summed E-state index contributed by atoms with van der Waals surface area (Å²) in [7, 11) is -3.12. The third kappa shape index (κ3) is 6.05. The minimum atomic E-state index is -3.12. The van der Waals surface area contributed by atoms with E-state index in [9.17, 15) is 18.3 Å². The Hall–Kier alpha value is -2.53. The van der Waals surface area contributed by atoms with Crippen LogP contribution < -0.4 is 11.1 Å². The van der Waals surface area contributed by atoms with Crippen molar-refractivity contribution in [2.45, 2.75) is 76.0 Å². The number of carbonyl (C=O) groups excluding carboxylic acids is 1. The van der Waals surface area contributed by atoms with Gasteiger partial charge in [0.05, 0.1) is 17.9 Å². The summed E-state index contributed by atoms with van der Waals surface area (Å²) in [6.07, 6.45) is 7.39. The van der Waals surface area contributed by atoms with E-state index in [1.165, 1.54) is 11.8 Å². The van der Waals surface area contributed by atoms with Gasteiger partial charge in [-0.05, 0) is 61.6 Å². The molecular formula is C30H43N5O4S. The Labute approximate surface area is 238 Å². The molecule has 0 radical (unpaired) electrons. The summed E-state index contributed by atoms with van der Waals surface area (Å²) < 4.78 is 25.4. The molecule has 9 nitrogen and oxygen atoms in total. The lowest BCUT2D eigenvalue weighted by Gasteiger charge is -2.36. The molecule has 10 heteroatoms. The third-order valence-corrected chi connectivity index (χ3v) is 10.9. The number of anilines is 1. The van der Waals surface area contributed by atoms with Crippen LogP contribution in [0.5, 0.6) is 0 Å². The average molecular weight is 570 g/mol. The molecular weight excluding hydrogens is 526 g/mol. The molecule has 0 unspecified atom stereocenters. The minimum absolute atomic E-state index is 0.00944. The molecule has 1 aromatic carbocycles. The highest BCUT2D eigenvalue weighted by atomic mass is 32.2. The van der Waals surface area contributed by atoms with Crippen LogP contribution in [0.3, 0.4) is 0 Å². The highest BCUT2D eigenvalue weighted by Crippen LogP contribution is 2.41. The van der Waals surface area contributed by atoms with Gasteiger partial charge in [-0.3, -0.25) is 9.69 Å². The second-order valence-corrected chi connectivity index (χ2v) is 14.3. The quantitative estimate of drug-likeness (QED) is 0.488. The van der Waals surface area contributed by atoms with Gasteiger partial charge in [0.15, 0.2) is 0 Å². The van der Waals surface area contributed by atoms with Gasteiger partial charge in [0.25, 0.3) is 5.91 Å². The second-order valence-electron chi connectivity index (χ2n) is 12.4. The van der Waals surface area contributed by atoms with E-state index in [2.05, 4.69) is 53.3 Å². The lowest BCUT2D eigenvalue weighted by Crippen LogP contribution is -2.46. The monoisotopic (exact) mass is 569 g/mol. The number of nitrogens with one attached hydrogen (secondary N) is 1. The van der Waals surface area contributed by atoms with Crippen molar-refractivity contribution in [3.63, 3.8) is 0 Å². The van der Waals surface area contributed by atoms with Crippen molar-refractivity contribution in [2.75, 3.05) is 38.2 Å². The number of likely N-dealkylation sites (tertiary alicyclic amines) is 1. The molecule has 3 heterocycles. The number of sulfonamides is 1. The number of benzene rings is 1. The zero-order valence-electron chi connectivity index (χ0n) is 23.8. The van der Waals surface area contributed by atoms with E-state index in [0.29, 0.717) is 43.5 Å². The van der Waals surface area contributed by atoms with E-state index in [1.807, 2.05) is 6.07 Å². The van der Waals surface area contributed by atoms with Crippen molar-refractivity contribution in [2.24, 2.45) is 5.92 Å². The van der Waals surface area contributed by atoms with Gasteiger partial charge in [-0.2, -0.15) is 0 Å². The number of rotatable bonds is 6.